The zero-order chi connectivity index (χ0) is 18.1. The van der Waals surface area contributed by atoms with E-state index in [2.05, 4.69) is 5.10 Å². The lowest BCUT2D eigenvalue weighted by atomic mass is 10.0. The largest absolute Gasteiger partial charge is 0.480 e. The Balaban J connectivity index is 1.72. The van der Waals surface area contributed by atoms with E-state index in [1.807, 2.05) is 20.9 Å². The predicted molar refractivity (Wildman–Crippen MR) is 89.7 cm³/mol. The molecule has 1 fully saturated rings. The number of aryl methyl sites for hydroxylation is 2. The molecule has 25 heavy (non-hydrogen) atoms. The Bertz CT molecular complexity index is 773. The van der Waals surface area contributed by atoms with E-state index in [0.717, 1.165) is 17.0 Å². The van der Waals surface area contributed by atoms with E-state index in [1.54, 1.807) is 21.7 Å². The van der Waals surface area contributed by atoms with E-state index < -0.39 is 6.10 Å². The second-order valence-electron chi connectivity index (χ2n) is 6.42. The van der Waals surface area contributed by atoms with Crippen molar-refractivity contribution in [1.29, 1.82) is 0 Å². The van der Waals surface area contributed by atoms with Gasteiger partial charge in [0.15, 0.2) is 12.4 Å². The molecule has 2 aromatic rings. The van der Waals surface area contributed by atoms with Crippen LogP contribution >= 0.6 is 0 Å². The number of hydrogen-bond donors (Lipinski definition) is 1. The Morgan fingerprint density at radius 1 is 1.36 bits per heavy atom. The molecule has 3 rings (SSSR count). The van der Waals surface area contributed by atoms with E-state index >= 15 is 0 Å². The van der Waals surface area contributed by atoms with E-state index in [1.165, 1.54) is 12.1 Å². The monoisotopic (exact) mass is 347 g/mol. The molecule has 7 heteroatoms. The van der Waals surface area contributed by atoms with Crippen LogP contribution in [0.5, 0.6) is 5.75 Å². The molecule has 0 aliphatic carbocycles. The van der Waals surface area contributed by atoms with Gasteiger partial charge in [0, 0.05) is 13.6 Å². The van der Waals surface area contributed by atoms with Crippen molar-refractivity contribution in [2.24, 2.45) is 7.05 Å². The van der Waals surface area contributed by atoms with Crippen LogP contribution in [0.25, 0.3) is 0 Å². The Morgan fingerprint density at radius 3 is 2.64 bits per heavy atom. The van der Waals surface area contributed by atoms with Crippen LogP contribution < -0.4 is 4.74 Å². The summed E-state index contributed by atoms with van der Waals surface area (Å²) >= 11 is 0. The Labute approximate surface area is 145 Å². The smallest absolute Gasteiger partial charge is 0.261 e. The number of nitrogens with zero attached hydrogens (tertiary/aromatic N) is 3. The average molecular weight is 347 g/mol. The Hall–Kier alpha value is -2.41. The van der Waals surface area contributed by atoms with Crippen LogP contribution in [0.15, 0.2) is 24.3 Å². The molecule has 1 amide bonds. The van der Waals surface area contributed by atoms with Gasteiger partial charge in [0.2, 0.25) is 0 Å². The number of β-amino-alcohol motifs (C(OH)–C–C–N with tert-alkyl or cyclic N) is 1. The second kappa shape index (κ2) is 6.84. The Kier molecular flexibility index (Phi) is 4.76. The molecular formula is C18H22FN3O3. The average Bonchev–Trinajstić information content (AvgIpc) is 3.07. The SMILES string of the molecule is Cc1nn(C)c(C)c1OCC(=O)N1C[C@H](O)C[C@@H]1c1ccc(F)cc1. The molecule has 0 saturated carbocycles. The number of ether oxygens (including phenoxy) is 1. The quantitative estimate of drug-likeness (QED) is 0.917. The highest BCUT2D eigenvalue weighted by Gasteiger charge is 2.35. The number of hydrogen-bond acceptors (Lipinski definition) is 4. The summed E-state index contributed by atoms with van der Waals surface area (Å²) in [7, 11) is 1.82. The second-order valence-corrected chi connectivity index (χ2v) is 6.42. The van der Waals surface area contributed by atoms with Crippen LogP contribution in [-0.2, 0) is 11.8 Å². The minimum absolute atomic E-state index is 0.127. The van der Waals surface area contributed by atoms with Crippen LogP contribution in [0.1, 0.15) is 29.4 Å². The summed E-state index contributed by atoms with van der Waals surface area (Å²) in [6.45, 7) is 3.82. The van der Waals surface area contributed by atoms with Gasteiger partial charge >= 0.3 is 0 Å². The third kappa shape index (κ3) is 3.51. The number of aromatic nitrogens is 2. The van der Waals surface area contributed by atoms with Crippen molar-refractivity contribution in [3.05, 3.63) is 47.0 Å². The highest BCUT2D eigenvalue weighted by Crippen LogP contribution is 2.32. The molecule has 1 saturated heterocycles. The molecule has 0 bridgehead atoms. The van der Waals surface area contributed by atoms with Gasteiger partial charge in [-0.1, -0.05) is 12.1 Å². The number of halogens is 1. The summed E-state index contributed by atoms with van der Waals surface area (Å²) in [6.07, 6.45) is -0.164. The molecule has 1 N–H and O–H groups in total. The van der Waals surface area contributed by atoms with Gasteiger partial charge in [0.1, 0.15) is 11.5 Å². The maximum Gasteiger partial charge on any atom is 0.261 e. The lowest BCUT2D eigenvalue weighted by molar-refractivity contribution is -0.134. The molecule has 1 aromatic heterocycles. The van der Waals surface area contributed by atoms with Crippen LogP contribution in [0, 0.1) is 19.7 Å². The van der Waals surface area contributed by atoms with E-state index in [4.69, 9.17) is 4.74 Å². The highest BCUT2D eigenvalue weighted by atomic mass is 19.1. The van der Waals surface area contributed by atoms with Crippen LogP contribution in [0.2, 0.25) is 0 Å². The molecule has 6 nitrogen and oxygen atoms in total. The fraction of sp³-hybridized carbons (Fsp3) is 0.444. The van der Waals surface area contributed by atoms with Crippen molar-refractivity contribution in [2.75, 3.05) is 13.2 Å². The topological polar surface area (TPSA) is 67.6 Å². The predicted octanol–water partition coefficient (Wildman–Crippen LogP) is 1.89. The number of rotatable bonds is 4. The highest BCUT2D eigenvalue weighted by molar-refractivity contribution is 5.78. The summed E-state index contributed by atoms with van der Waals surface area (Å²) in [6, 6.07) is 5.74. The summed E-state index contributed by atoms with van der Waals surface area (Å²) in [4.78, 5) is 14.2. The van der Waals surface area contributed by atoms with Gasteiger partial charge in [-0.15, -0.1) is 0 Å². The third-order valence-corrected chi connectivity index (χ3v) is 4.64. The van der Waals surface area contributed by atoms with Gasteiger partial charge in [-0.3, -0.25) is 9.48 Å². The number of likely N-dealkylation sites (tertiary alicyclic amines) is 1. The van der Waals surface area contributed by atoms with E-state index in [9.17, 15) is 14.3 Å². The number of carbonyl (C=O) groups excluding carboxylic acids is 1. The number of amides is 1. The standard InChI is InChI=1S/C18H22FN3O3/c1-11-18(12(2)21(3)20-11)25-10-17(24)22-9-15(23)8-16(22)13-4-6-14(19)7-5-13/h4-7,15-16,23H,8-10H2,1-3H3/t15-,16-/m1/s1. The molecule has 2 heterocycles. The molecule has 1 aromatic carbocycles. The fourth-order valence-corrected chi connectivity index (χ4v) is 3.27. The maximum atomic E-state index is 13.1. The minimum Gasteiger partial charge on any atom is -0.480 e. The van der Waals surface area contributed by atoms with Crippen molar-refractivity contribution in [2.45, 2.75) is 32.4 Å². The lowest BCUT2D eigenvalue weighted by Gasteiger charge is -2.24. The summed E-state index contributed by atoms with van der Waals surface area (Å²) in [5.74, 6) is 0.0634. The first-order chi connectivity index (χ1) is 11.9. The van der Waals surface area contributed by atoms with Crippen molar-refractivity contribution in [3.63, 3.8) is 0 Å². The molecule has 0 radical (unpaired) electrons. The fourth-order valence-electron chi connectivity index (χ4n) is 3.27. The first-order valence-electron chi connectivity index (χ1n) is 8.22. The lowest BCUT2D eigenvalue weighted by Crippen LogP contribution is -2.35. The zero-order valence-electron chi connectivity index (χ0n) is 14.6. The van der Waals surface area contributed by atoms with Crippen LogP contribution in [-0.4, -0.2) is 44.9 Å². The van der Waals surface area contributed by atoms with Gasteiger partial charge in [0.25, 0.3) is 5.91 Å². The molecule has 0 unspecified atom stereocenters. The molecular weight excluding hydrogens is 325 g/mol. The van der Waals surface area contributed by atoms with Gasteiger partial charge in [-0.05, 0) is 38.0 Å². The molecule has 1 aliphatic rings. The number of carbonyl (C=O) groups is 1. The van der Waals surface area contributed by atoms with Crippen molar-refractivity contribution < 1.29 is 19.0 Å². The van der Waals surface area contributed by atoms with Gasteiger partial charge in [0.05, 0.1) is 17.8 Å². The van der Waals surface area contributed by atoms with Crippen molar-refractivity contribution in [1.82, 2.24) is 14.7 Å². The number of benzene rings is 1. The molecule has 2 atom stereocenters. The number of aliphatic hydroxyl groups excluding tert-OH is 1. The van der Waals surface area contributed by atoms with Gasteiger partial charge in [-0.2, -0.15) is 5.10 Å². The number of aliphatic hydroxyl groups is 1. The molecule has 134 valence electrons. The first kappa shape index (κ1) is 17.4. The summed E-state index contributed by atoms with van der Waals surface area (Å²) in [5.41, 5.74) is 2.38. The van der Waals surface area contributed by atoms with E-state index in [-0.39, 0.29) is 30.9 Å². The molecule has 1 aliphatic heterocycles. The zero-order valence-corrected chi connectivity index (χ0v) is 14.6. The maximum absolute atomic E-state index is 13.1. The third-order valence-electron chi connectivity index (χ3n) is 4.64. The minimum atomic E-state index is -0.596. The van der Waals surface area contributed by atoms with Crippen LogP contribution in [0.4, 0.5) is 4.39 Å². The summed E-state index contributed by atoms with van der Waals surface area (Å²) < 4.78 is 20.5. The summed E-state index contributed by atoms with van der Waals surface area (Å²) in [5, 5.41) is 14.2. The Morgan fingerprint density at radius 2 is 2.04 bits per heavy atom. The van der Waals surface area contributed by atoms with Gasteiger partial charge < -0.3 is 14.7 Å². The molecule has 0 spiro atoms. The van der Waals surface area contributed by atoms with Gasteiger partial charge in [-0.25, -0.2) is 4.39 Å². The first-order valence-corrected chi connectivity index (χ1v) is 8.22. The normalized spacial score (nSPS) is 20.1. The van der Waals surface area contributed by atoms with Crippen molar-refractivity contribution >= 4 is 5.91 Å². The van der Waals surface area contributed by atoms with Crippen LogP contribution in [0.3, 0.4) is 0 Å². The van der Waals surface area contributed by atoms with Crippen molar-refractivity contribution in [3.8, 4) is 5.75 Å². The van der Waals surface area contributed by atoms with E-state index in [0.29, 0.717) is 12.2 Å².